The SMILES string of the molecule is CCCNC(C)C(=O)c1ccc(F)cc1. The van der Waals surface area contributed by atoms with Gasteiger partial charge in [-0.2, -0.15) is 0 Å². The number of Topliss-reactive ketones (excluding diaryl/α,β-unsaturated/α-hetero) is 1. The summed E-state index contributed by atoms with van der Waals surface area (Å²) in [6.07, 6.45) is 0.987. The lowest BCUT2D eigenvalue weighted by molar-refractivity contribution is 0.0951. The number of rotatable bonds is 5. The van der Waals surface area contributed by atoms with Crippen molar-refractivity contribution in [3.8, 4) is 0 Å². The summed E-state index contributed by atoms with van der Waals surface area (Å²) in [4.78, 5) is 11.8. The van der Waals surface area contributed by atoms with Crippen LogP contribution in [0.4, 0.5) is 4.39 Å². The highest BCUT2D eigenvalue weighted by Gasteiger charge is 2.13. The number of halogens is 1. The maximum atomic E-state index is 12.6. The summed E-state index contributed by atoms with van der Waals surface area (Å²) in [6, 6.07) is 5.43. The molecule has 15 heavy (non-hydrogen) atoms. The van der Waals surface area contributed by atoms with Crippen molar-refractivity contribution >= 4 is 5.78 Å². The monoisotopic (exact) mass is 209 g/mol. The van der Waals surface area contributed by atoms with Crippen LogP contribution in [0.25, 0.3) is 0 Å². The van der Waals surface area contributed by atoms with Crippen LogP contribution < -0.4 is 5.32 Å². The molecule has 3 heteroatoms. The lowest BCUT2D eigenvalue weighted by Crippen LogP contribution is -2.34. The van der Waals surface area contributed by atoms with Gasteiger partial charge in [0, 0.05) is 5.56 Å². The second kappa shape index (κ2) is 5.61. The number of nitrogens with one attached hydrogen (secondary N) is 1. The molecular weight excluding hydrogens is 193 g/mol. The molecule has 1 atom stereocenters. The average Bonchev–Trinajstić information content (AvgIpc) is 2.26. The Morgan fingerprint density at radius 2 is 2.00 bits per heavy atom. The number of ketones is 1. The minimum Gasteiger partial charge on any atom is -0.307 e. The lowest BCUT2D eigenvalue weighted by Gasteiger charge is -2.11. The molecule has 0 bridgehead atoms. The first-order valence-corrected chi connectivity index (χ1v) is 5.18. The zero-order valence-corrected chi connectivity index (χ0v) is 9.09. The van der Waals surface area contributed by atoms with E-state index in [-0.39, 0.29) is 17.6 Å². The van der Waals surface area contributed by atoms with Crippen LogP contribution in [-0.4, -0.2) is 18.4 Å². The van der Waals surface area contributed by atoms with Gasteiger partial charge >= 0.3 is 0 Å². The van der Waals surface area contributed by atoms with E-state index >= 15 is 0 Å². The summed E-state index contributed by atoms with van der Waals surface area (Å²) in [5.74, 6) is -0.316. The molecule has 1 aromatic rings. The molecule has 1 N–H and O–H groups in total. The second-order valence-electron chi connectivity index (χ2n) is 3.55. The summed E-state index contributed by atoms with van der Waals surface area (Å²) in [7, 11) is 0. The minimum atomic E-state index is -0.319. The molecule has 0 heterocycles. The van der Waals surface area contributed by atoms with E-state index in [2.05, 4.69) is 5.32 Å². The van der Waals surface area contributed by atoms with Gasteiger partial charge in [0.05, 0.1) is 6.04 Å². The number of hydrogen-bond acceptors (Lipinski definition) is 2. The van der Waals surface area contributed by atoms with Crippen molar-refractivity contribution < 1.29 is 9.18 Å². The van der Waals surface area contributed by atoms with E-state index in [4.69, 9.17) is 0 Å². The van der Waals surface area contributed by atoms with E-state index in [1.54, 1.807) is 0 Å². The maximum absolute atomic E-state index is 12.6. The molecule has 1 unspecified atom stereocenters. The highest BCUT2D eigenvalue weighted by atomic mass is 19.1. The van der Waals surface area contributed by atoms with Crippen LogP contribution in [0.1, 0.15) is 30.6 Å². The molecule has 0 radical (unpaired) electrons. The Labute approximate surface area is 89.5 Å². The molecular formula is C12H16FNO. The molecule has 1 rings (SSSR count). The van der Waals surface area contributed by atoms with Crippen molar-refractivity contribution in [3.63, 3.8) is 0 Å². The zero-order chi connectivity index (χ0) is 11.3. The van der Waals surface area contributed by atoms with Gasteiger partial charge in [-0.3, -0.25) is 4.79 Å². The summed E-state index contributed by atoms with van der Waals surface area (Å²) in [5, 5.41) is 3.10. The molecule has 0 fully saturated rings. The Bertz CT molecular complexity index is 321. The van der Waals surface area contributed by atoms with Gasteiger partial charge in [-0.15, -0.1) is 0 Å². The standard InChI is InChI=1S/C12H16FNO/c1-3-8-14-9(2)12(15)10-4-6-11(13)7-5-10/h4-7,9,14H,3,8H2,1-2H3. The smallest absolute Gasteiger partial charge is 0.179 e. The number of benzene rings is 1. The highest BCUT2D eigenvalue weighted by Crippen LogP contribution is 2.05. The van der Waals surface area contributed by atoms with Crippen molar-refractivity contribution in [2.75, 3.05) is 6.54 Å². The Morgan fingerprint density at radius 3 is 2.53 bits per heavy atom. The number of carbonyl (C=O) groups excluding carboxylic acids is 1. The molecule has 0 saturated carbocycles. The molecule has 82 valence electrons. The van der Waals surface area contributed by atoms with Crippen LogP contribution in [0.15, 0.2) is 24.3 Å². The Balaban J connectivity index is 2.63. The molecule has 0 aliphatic carbocycles. The third-order valence-electron chi connectivity index (χ3n) is 2.22. The summed E-state index contributed by atoms with van der Waals surface area (Å²) in [5.41, 5.74) is 0.549. The fourth-order valence-electron chi connectivity index (χ4n) is 1.32. The van der Waals surface area contributed by atoms with E-state index in [1.807, 2.05) is 13.8 Å². The molecule has 2 nitrogen and oxygen atoms in total. The predicted molar refractivity (Wildman–Crippen MR) is 58.5 cm³/mol. The van der Waals surface area contributed by atoms with E-state index < -0.39 is 0 Å². The predicted octanol–water partition coefficient (Wildman–Crippen LogP) is 2.40. The largest absolute Gasteiger partial charge is 0.307 e. The van der Waals surface area contributed by atoms with E-state index in [0.717, 1.165) is 13.0 Å². The van der Waals surface area contributed by atoms with Crippen LogP contribution in [0.2, 0.25) is 0 Å². The van der Waals surface area contributed by atoms with Crippen molar-refractivity contribution in [1.82, 2.24) is 5.32 Å². The number of hydrogen-bond donors (Lipinski definition) is 1. The molecule has 0 saturated heterocycles. The summed E-state index contributed by atoms with van der Waals surface area (Å²) < 4.78 is 12.6. The molecule has 1 aromatic carbocycles. The van der Waals surface area contributed by atoms with Gasteiger partial charge < -0.3 is 5.32 Å². The van der Waals surface area contributed by atoms with Gasteiger partial charge in [-0.25, -0.2) is 4.39 Å². The van der Waals surface area contributed by atoms with Gasteiger partial charge in [-0.1, -0.05) is 6.92 Å². The van der Waals surface area contributed by atoms with Gasteiger partial charge in [0.1, 0.15) is 5.82 Å². The van der Waals surface area contributed by atoms with Crippen LogP contribution >= 0.6 is 0 Å². The Kier molecular flexibility index (Phi) is 4.43. The quantitative estimate of drug-likeness (QED) is 0.754. The fraction of sp³-hybridized carbons (Fsp3) is 0.417. The van der Waals surface area contributed by atoms with Crippen molar-refractivity contribution in [3.05, 3.63) is 35.6 Å². The average molecular weight is 209 g/mol. The van der Waals surface area contributed by atoms with Gasteiger partial charge in [0.15, 0.2) is 5.78 Å². The maximum Gasteiger partial charge on any atom is 0.179 e. The summed E-state index contributed by atoms with van der Waals surface area (Å²) in [6.45, 7) is 4.68. The van der Waals surface area contributed by atoms with Crippen LogP contribution in [0.5, 0.6) is 0 Å². The Hall–Kier alpha value is -1.22. The molecule has 0 aromatic heterocycles. The number of carbonyl (C=O) groups is 1. The summed E-state index contributed by atoms with van der Waals surface area (Å²) >= 11 is 0. The third kappa shape index (κ3) is 3.44. The zero-order valence-electron chi connectivity index (χ0n) is 9.09. The topological polar surface area (TPSA) is 29.1 Å². The van der Waals surface area contributed by atoms with Crippen molar-refractivity contribution in [2.24, 2.45) is 0 Å². The van der Waals surface area contributed by atoms with Crippen LogP contribution in [0.3, 0.4) is 0 Å². The second-order valence-corrected chi connectivity index (χ2v) is 3.55. The Morgan fingerprint density at radius 1 is 1.40 bits per heavy atom. The molecule has 0 aliphatic heterocycles. The molecule has 0 aliphatic rings. The first-order chi connectivity index (χ1) is 7.15. The van der Waals surface area contributed by atoms with Gasteiger partial charge in [0.2, 0.25) is 0 Å². The van der Waals surface area contributed by atoms with Crippen LogP contribution in [-0.2, 0) is 0 Å². The fourth-order valence-corrected chi connectivity index (χ4v) is 1.32. The highest BCUT2D eigenvalue weighted by molar-refractivity contribution is 5.99. The first kappa shape index (κ1) is 11.9. The van der Waals surface area contributed by atoms with Crippen LogP contribution in [0, 0.1) is 5.82 Å². The minimum absolute atomic E-state index is 0.00319. The van der Waals surface area contributed by atoms with E-state index in [0.29, 0.717) is 5.56 Å². The van der Waals surface area contributed by atoms with E-state index in [1.165, 1.54) is 24.3 Å². The first-order valence-electron chi connectivity index (χ1n) is 5.18. The third-order valence-corrected chi connectivity index (χ3v) is 2.22. The van der Waals surface area contributed by atoms with Gasteiger partial charge in [0.25, 0.3) is 0 Å². The lowest BCUT2D eigenvalue weighted by atomic mass is 10.1. The van der Waals surface area contributed by atoms with E-state index in [9.17, 15) is 9.18 Å². The normalized spacial score (nSPS) is 12.5. The van der Waals surface area contributed by atoms with Crippen molar-refractivity contribution in [2.45, 2.75) is 26.3 Å². The molecule has 0 spiro atoms. The van der Waals surface area contributed by atoms with Crippen molar-refractivity contribution in [1.29, 1.82) is 0 Å². The van der Waals surface area contributed by atoms with Gasteiger partial charge in [-0.05, 0) is 44.2 Å². The molecule has 0 amide bonds.